The maximum atomic E-state index is 13.2. The highest BCUT2D eigenvalue weighted by Gasteiger charge is 2.33. The van der Waals surface area contributed by atoms with Gasteiger partial charge in [0.15, 0.2) is 0 Å². The van der Waals surface area contributed by atoms with Crippen LogP contribution in [0.3, 0.4) is 0 Å². The van der Waals surface area contributed by atoms with Crippen molar-refractivity contribution in [3.8, 4) is 11.6 Å². The molecule has 3 heterocycles. The van der Waals surface area contributed by atoms with Gasteiger partial charge in [-0.2, -0.15) is 4.98 Å². The number of amides is 1. The standard InChI is InChI=1S/C21H14ClN3O5S2/c22-13-5-1-2-6-14(13)30-18-12(19(28)24-9-4-3-7-16(24)23-18)11-15-20(29)25(21(31)32-15)10-8-17(26)27/h1-7,9,11H,8,10H2,(H,26,27)/b15-11-. The van der Waals surface area contributed by atoms with Crippen LogP contribution < -0.4 is 10.3 Å². The molecule has 1 aliphatic rings. The van der Waals surface area contributed by atoms with E-state index in [1.165, 1.54) is 15.4 Å². The van der Waals surface area contributed by atoms with Gasteiger partial charge in [-0.05, 0) is 30.3 Å². The lowest BCUT2D eigenvalue weighted by Gasteiger charge is -2.12. The van der Waals surface area contributed by atoms with Crippen LogP contribution in [0.25, 0.3) is 11.7 Å². The summed E-state index contributed by atoms with van der Waals surface area (Å²) in [6, 6.07) is 11.8. The lowest BCUT2D eigenvalue weighted by Crippen LogP contribution is -2.30. The second-order valence-electron chi connectivity index (χ2n) is 6.57. The minimum absolute atomic E-state index is 0.0231. The van der Waals surface area contributed by atoms with E-state index in [1.54, 1.807) is 48.7 Å². The molecule has 0 bridgehead atoms. The van der Waals surface area contributed by atoms with Crippen LogP contribution in [-0.2, 0) is 9.59 Å². The third kappa shape index (κ3) is 4.38. The maximum absolute atomic E-state index is 13.2. The third-order valence-corrected chi connectivity index (χ3v) is 6.17. The van der Waals surface area contributed by atoms with Crippen LogP contribution in [0.5, 0.6) is 11.6 Å². The molecule has 1 aromatic carbocycles. The number of halogens is 1. The fourth-order valence-corrected chi connectivity index (χ4v) is 4.41. The molecular weight excluding hydrogens is 474 g/mol. The molecule has 11 heteroatoms. The number of carboxylic acid groups (broad SMARTS) is 1. The molecule has 2 aromatic heterocycles. The Hall–Kier alpha value is -3.21. The Kier molecular flexibility index (Phi) is 6.26. The monoisotopic (exact) mass is 487 g/mol. The number of rotatable bonds is 6. The van der Waals surface area contributed by atoms with Crippen molar-refractivity contribution in [2.75, 3.05) is 6.54 Å². The third-order valence-electron chi connectivity index (χ3n) is 4.48. The second-order valence-corrected chi connectivity index (χ2v) is 8.66. The van der Waals surface area contributed by atoms with E-state index in [-0.39, 0.29) is 33.6 Å². The number of carbonyl (C=O) groups is 2. The van der Waals surface area contributed by atoms with Gasteiger partial charge in [-0.3, -0.25) is 23.7 Å². The van der Waals surface area contributed by atoms with Crippen LogP contribution in [0.15, 0.2) is 58.4 Å². The summed E-state index contributed by atoms with van der Waals surface area (Å²) in [4.78, 5) is 42.7. The number of para-hydroxylation sites is 1. The normalized spacial score (nSPS) is 15.0. The van der Waals surface area contributed by atoms with E-state index in [2.05, 4.69) is 4.98 Å². The highest BCUT2D eigenvalue weighted by molar-refractivity contribution is 8.26. The van der Waals surface area contributed by atoms with E-state index in [1.807, 2.05) is 0 Å². The van der Waals surface area contributed by atoms with Gasteiger partial charge in [0.25, 0.3) is 11.5 Å². The summed E-state index contributed by atoms with van der Waals surface area (Å²) in [7, 11) is 0. The molecule has 0 saturated carbocycles. The first-order valence-corrected chi connectivity index (χ1v) is 10.9. The van der Waals surface area contributed by atoms with Crippen LogP contribution in [0.4, 0.5) is 0 Å². The van der Waals surface area contributed by atoms with Gasteiger partial charge in [-0.15, -0.1) is 0 Å². The van der Waals surface area contributed by atoms with E-state index >= 15 is 0 Å². The van der Waals surface area contributed by atoms with Gasteiger partial charge < -0.3 is 9.84 Å². The first-order valence-electron chi connectivity index (χ1n) is 9.26. The molecule has 4 rings (SSSR count). The largest absolute Gasteiger partial charge is 0.481 e. The molecule has 1 saturated heterocycles. The molecular formula is C21H14ClN3O5S2. The van der Waals surface area contributed by atoms with Crippen LogP contribution in [0, 0.1) is 0 Å². The number of pyridine rings is 1. The molecule has 1 fully saturated rings. The second kappa shape index (κ2) is 9.11. The number of aliphatic carboxylic acids is 1. The summed E-state index contributed by atoms with van der Waals surface area (Å²) in [5, 5.41) is 9.23. The summed E-state index contributed by atoms with van der Waals surface area (Å²) < 4.78 is 7.40. The van der Waals surface area contributed by atoms with Crippen LogP contribution in [-0.4, -0.2) is 42.1 Å². The number of fused-ring (bicyclic) bond motifs is 1. The quantitative estimate of drug-likeness (QED) is 0.413. The Balaban J connectivity index is 1.81. The molecule has 8 nitrogen and oxygen atoms in total. The van der Waals surface area contributed by atoms with Gasteiger partial charge in [0.1, 0.15) is 21.3 Å². The van der Waals surface area contributed by atoms with Gasteiger partial charge in [0.2, 0.25) is 5.88 Å². The number of ether oxygens (including phenoxy) is 1. The number of benzene rings is 1. The molecule has 0 radical (unpaired) electrons. The summed E-state index contributed by atoms with van der Waals surface area (Å²) in [6.45, 7) is -0.0602. The van der Waals surface area contributed by atoms with Gasteiger partial charge in [0.05, 0.1) is 16.3 Å². The lowest BCUT2D eigenvalue weighted by atomic mass is 10.2. The summed E-state index contributed by atoms with van der Waals surface area (Å²) in [5.74, 6) is -1.26. The molecule has 0 spiro atoms. The first kappa shape index (κ1) is 22.0. The van der Waals surface area contributed by atoms with Crippen molar-refractivity contribution in [3.05, 3.63) is 74.5 Å². The Labute approximate surface area is 196 Å². The topological polar surface area (TPSA) is 101 Å². The minimum Gasteiger partial charge on any atom is -0.481 e. The van der Waals surface area contributed by atoms with Crippen LogP contribution >= 0.6 is 35.6 Å². The van der Waals surface area contributed by atoms with Gasteiger partial charge >= 0.3 is 5.97 Å². The fraction of sp³-hybridized carbons (Fsp3) is 0.0952. The maximum Gasteiger partial charge on any atom is 0.305 e. The predicted octanol–water partition coefficient (Wildman–Crippen LogP) is 3.82. The number of hydrogen-bond donors (Lipinski definition) is 1. The van der Waals surface area contributed by atoms with E-state index in [0.29, 0.717) is 16.4 Å². The Morgan fingerprint density at radius 2 is 1.97 bits per heavy atom. The zero-order valence-electron chi connectivity index (χ0n) is 16.2. The number of nitrogens with zero attached hydrogens (tertiary/aromatic N) is 3. The minimum atomic E-state index is -1.05. The molecule has 0 aliphatic carbocycles. The van der Waals surface area contributed by atoms with E-state index in [0.717, 1.165) is 11.8 Å². The summed E-state index contributed by atoms with van der Waals surface area (Å²) in [5.41, 5.74) is -0.0634. The Bertz CT molecular complexity index is 1350. The van der Waals surface area contributed by atoms with Crippen molar-refractivity contribution in [1.82, 2.24) is 14.3 Å². The van der Waals surface area contributed by atoms with Gasteiger partial charge in [-0.25, -0.2) is 0 Å². The number of thiocarbonyl (C=S) groups is 1. The average molecular weight is 488 g/mol. The van der Waals surface area contributed by atoms with Gasteiger partial charge in [-0.1, -0.05) is 53.8 Å². The molecule has 3 aromatic rings. The number of carboxylic acids is 1. The van der Waals surface area contributed by atoms with Crippen molar-refractivity contribution >= 4 is 63.5 Å². The van der Waals surface area contributed by atoms with Crippen molar-refractivity contribution in [3.63, 3.8) is 0 Å². The molecule has 1 amide bonds. The van der Waals surface area contributed by atoms with E-state index in [4.69, 9.17) is 33.7 Å². The zero-order chi connectivity index (χ0) is 22.8. The van der Waals surface area contributed by atoms with Crippen molar-refractivity contribution in [2.24, 2.45) is 0 Å². The fourth-order valence-electron chi connectivity index (χ4n) is 2.95. The lowest BCUT2D eigenvalue weighted by molar-refractivity contribution is -0.137. The summed E-state index contributed by atoms with van der Waals surface area (Å²) >= 11 is 12.4. The highest BCUT2D eigenvalue weighted by atomic mass is 35.5. The highest BCUT2D eigenvalue weighted by Crippen LogP contribution is 2.35. The molecule has 1 N–H and O–H groups in total. The Morgan fingerprint density at radius 1 is 1.22 bits per heavy atom. The number of aromatic nitrogens is 2. The number of hydrogen-bond acceptors (Lipinski definition) is 7. The Morgan fingerprint density at radius 3 is 2.72 bits per heavy atom. The van der Waals surface area contributed by atoms with E-state index < -0.39 is 17.4 Å². The molecule has 32 heavy (non-hydrogen) atoms. The number of carbonyl (C=O) groups excluding carboxylic acids is 1. The van der Waals surface area contributed by atoms with E-state index in [9.17, 15) is 14.4 Å². The van der Waals surface area contributed by atoms with Crippen molar-refractivity contribution in [2.45, 2.75) is 6.42 Å². The van der Waals surface area contributed by atoms with Crippen molar-refractivity contribution in [1.29, 1.82) is 0 Å². The predicted molar refractivity (Wildman–Crippen MR) is 125 cm³/mol. The van der Waals surface area contributed by atoms with Crippen LogP contribution in [0.1, 0.15) is 12.0 Å². The average Bonchev–Trinajstić information content (AvgIpc) is 3.03. The molecule has 0 atom stereocenters. The summed E-state index contributed by atoms with van der Waals surface area (Å²) in [6.07, 6.45) is 2.67. The van der Waals surface area contributed by atoms with Crippen LogP contribution in [0.2, 0.25) is 5.02 Å². The zero-order valence-corrected chi connectivity index (χ0v) is 18.6. The molecule has 162 valence electrons. The first-order chi connectivity index (χ1) is 15.3. The molecule has 0 unspecified atom stereocenters. The SMILES string of the molecule is O=C(O)CCN1C(=O)/C(=C/c2c(Oc3ccccc3Cl)nc3ccccn3c2=O)SC1=S. The van der Waals surface area contributed by atoms with Crippen molar-refractivity contribution < 1.29 is 19.4 Å². The molecule has 1 aliphatic heterocycles. The number of thioether (sulfide) groups is 1. The van der Waals surface area contributed by atoms with Gasteiger partial charge in [0, 0.05) is 12.7 Å². The smallest absolute Gasteiger partial charge is 0.305 e.